The molecule has 0 saturated heterocycles. The number of benzene rings is 1. The maximum absolute atomic E-state index is 9.79. The van der Waals surface area contributed by atoms with Crippen LogP contribution in [0.4, 0.5) is 0 Å². The molecule has 0 bridgehead atoms. The molecule has 0 radical (unpaired) electrons. The number of hydrogen-bond donors (Lipinski definition) is 1. The largest absolute Gasteiger partial charge is 0.393 e. The molecular formula is C13H20O2. The summed E-state index contributed by atoms with van der Waals surface area (Å²) in [4.78, 5) is 0. The Hall–Kier alpha value is -0.860. The first-order valence-electron chi connectivity index (χ1n) is 5.38. The van der Waals surface area contributed by atoms with Gasteiger partial charge in [-0.1, -0.05) is 29.8 Å². The molecule has 0 amide bonds. The van der Waals surface area contributed by atoms with Crippen LogP contribution in [-0.2, 0) is 11.2 Å². The summed E-state index contributed by atoms with van der Waals surface area (Å²) in [5.74, 6) is 0. The Morgan fingerprint density at radius 3 is 2.40 bits per heavy atom. The lowest BCUT2D eigenvalue weighted by Crippen LogP contribution is -2.18. The Balaban J connectivity index is 2.44. The van der Waals surface area contributed by atoms with E-state index in [0.29, 0.717) is 12.8 Å². The van der Waals surface area contributed by atoms with E-state index >= 15 is 0 Å². The lowest BCUT2D eigenvalue weighted by atomic mass is 10.0. The number of rotatable bonds is 5. The number of aliphatic hydroxyl groups excluding tert-OH is 1. The van der Waals surface area contributed by atoms with Gasteiger partial charge in [-0.15, -0.1) is 0 Å². The van der Waals surface area contributed by atoms with E-state index in [2.05, 4.69) is 31.2 Å². The van der Waals surface area contributed by atoms with Gasteiger partial charge in [0.15, 0.2) is 0 Å². The summed E-state index contributed by atoms with van der Waals surface area (Å²) in [5, 5.41) is 9.79. The highest BCUT2D eigenvalue weighted by molar-refractivity contribution is 5.21. The molecule has 1 aromatic carbocycles. The second kappa shape index (κ2) is 5.89. The zero-order chi connectivity index (χ0) is 11.3. The number of hydrogen-bond acceptors (Lipinski definition) is 2. The maximum Gasteiger partial charge on any atom is 0.0605 e. The number of ether oxygens (including phenoxy) is 1. The quantitative estimate of drug-likeness (QED) is 0.804. The molecule has 84 valence electrons. The highest BCUT2D eigenvalue weighted by Crippen LogP contribution is 2.10. The van der Waals surface area contributed by atoms with E-state index in [1.54, 1.807) is 7.11 Å². The highest BCUT2D eigenvalue weighted by atomic mass is 16.5. The molecule has 0 aliphatic heterocycles. The van der Waals surface area contributed by atoms with Crippen LogP contribution in [0.3, 0.4) is 0 Å². The second-order valence-electron chi connectivity index (χ2n) is 4.13. The molecule has 0 fully saturated rings. The summed E-state index contributed by atoms with van der Waals surface area (Å²) in [6.45, 7) is 4.03. The van der Waals surface area contributed by atoms with Gasteiger partial charge in [-0.3, -0.25) is 0 Å². The molecule has 1 rings (SSSR count). The lowest BCUT2D eigenvalue weighted by molar-refractivity contribution is 0.0565. The molecule has 0 heterocycles. The van der Waals surface area contributed by atoms with Gasteiger partial charge in [0.2, 0.25) is 0 Å². The van der Waals surface area contributed by atoms with Crippen LogP contribution in [0.1, 0.15) is 24.5 Å². The van der Waals surface area contributed by atoms with E-state index in [1.807, 2.05) is 6.92 Å². The van der Waals surface area contributed by atoms with Crippen LogP contribution < -0.4 is 0 Å². The molecule has 2 nitrogen and oxygen atoms in total. The van der Waals surface area contributed by atoms with Gasteiger partial charge in [0.05, 0.1) is 12.2 Å². The van der Waals surface area contributed by atoms with E-state index < -0.39 is 0 Å². The van der Waals surface area contributed by atoms with Gasteiger partial charge in [0, 0.05) is 7.11 Å². The van der Waals surface area contributed by atoms with Crippen molar-refractivity contribution < 1.29 is 9.84 Å². The van der Waals surface area contributed by atoms with Crippen molar-refractivity contribution in [2.45, 2.75) is 38.9 Å². The molecule has 2 atom stereocenters. The van der Waals surface area contributed by atoms with Crippen LogP contribution in [0.15, 0.2) is 24.3 Å². The van der Waals surface area contributed by atoms with E-state index in [0.717, 1.165) is 0 Å². The molecule has 2 unspecified atom stereocenters. The molecule has 2 heteroatoms. The normalized spacial score (nSPS) is 14.9. The standard InChI is InChI=1S/C13H20O2/c1-10-4-6-12(7-5-10)9-13(14)8-11(2)15-3/h4-7,11,13-14H,8-9H2,1-3H3. The van der Waals surface area contributed by atoms with Gasteiger partial charge in [-0.2, -0.15) is 0 Å². The zero-order valence-electron chi connectivity index (χ0n) is 9.73. The van der Waals surface area contributed by atoms with Gasteiger partial charge in [0.25, 0.3) is 0 Å². The van der Waals surface area contributed by atoms with Gasteiger partial charge < -0.3 is 9.84 Å². The van der Waals surface area contributed by atoms with Gasteiger partial charge in [-0.25, -0.2) is 0 Å². The minimum atomic E-state index is -0.317. The van der Waals surface area contributed by atoms with Crippen molar-refractivity contribution in [2.75, 3.05) is 7.11 Å². The first-order chi connectivity index (χ1) is 7.11. The van der Waals surface area contributed by atoms with Crippen LogP contribution in [-0.4, -0.2) is 24.4 Å². The van der Waals surface area contributed by atoms with Crippen molar-refractivity contribution in [3.63, 3.8) is 0 Å². The lowest BCUT2D eigenvalue weighted by Gasteiger charge is -2.15. The average Bonchev–Trinajstić information content (AvgIpc) is 2.21. The Labute approximate surface area is 91.9 Å². The second-order valence-corrected chi connectivity index (χ2v) is 4.13. The fourth-order valence-electron chi connectivity index (χ4n) is 1.56. The minimum Gasteiger partial charge on any atom is -0.393 e. The molecule has 0 aliphatic carbocycles. The Bertz CT molecular complexity index is 279. The fraction of sp³-hybridized carbons (Fsp3) is 0.538. The third-order valence-corrected chi connectivity index (χ3v) is 2.60. The van der Waals surface area contributed by atoms with Gasteiger partial charge in [-0.05, 0) is 32.3 Å². The molecule has 15 heavy (non-hydrogen) atoms. The van der Waals surface area contributed by atoms with Crippen molar-refractivity contribution >= 4 is 0 Å². The Kier molecular flexibility index (Phi) is 4.79. The first-order valence-corrected chi connectivity index (χ1v) is 5.38. The van der Waals surface area contributed by atoms with Crippen LogP contribution in [0.25, 0.3) is 0 Å². The minimum absolute atomic E-state index is 0.116. The highest BCUT2D eigenvalue weighted by Gasteiger charge is 2.10. The molecule has 0 aliphatic rings. The van der Waals surface area contributed by atoms with Crippen LogP contribution in [0.5, 0.6) is 0 Å². The van der Waals surface area contributed by atoms with Crippen molar-refractivity contribution in [2.24, 2.45) is 0 Å². The zero-order valence-corrected chi connectivity index (χ0v) is 9.73. The van der Waals surface area contributed by atoms with Crippen molar-refractivity contribution in [1.29, 1.82) is 0 Å². The van der Waals surface area contributed by atoms with Crippen LogP contribution >= 0.6 is 0 Å². The number of aliphatic hydroxyl groups is 1. The third-order valence-electron chi connectivity index (χ3n) is 2.60. The summed E-state index contributed by atoms with van der Waals surface area (Å²) < 4.78 is 5.12. The Morgan fingerprint density at radius 1 is 1.27 bits per heavy atom. The van der Waals surface area contributed by atoms with E-state index in [4.69, 9.17) is 4.74 Å². The van der Waals surface area contributed by atoms with Crippen molar-refractivity contribution in [3.05, 3.63) is 35.4 Å². The molecule has 1 N–H and O–H groups in total. The third kappa shape index (κ3) is 4.45. The molecule has 1 aromatic rings. The van der Waals surface area contributed by atoms with Crippen molar-refractivity contribution in [1.82, 2.24) is 0 Å². The summed E-state index contributed by atoms with van der Waals surface area (Å²) in [7, 11) is 1.67. The average molecular weight is 208 g/mol. The van der Waals surface area contributed by atoms with E-state index in [9.17, 15) is 5.11 Å². The molecule has 0 aromatic heterocycles. The fourth-order valence-corrected chi connectivity index (χ4v) is 1.56. The van der Waals surface area contributed by atoms with Crippen LogP contribution in [0.2, 0.25) is 0 Å². The summed E-state index contributed by atoms with van der Waals surface area (Å²) in [6.07, 6.45) is 1.19. The predicted molar refractivity (Wildman–Crippen MR) is 62.0 cm³/mol. The molecular weight excluding hydrogens is 188 g/mol. The van der Waals surface area contributed by atoms with E-state index in [-0.39, 0.29) is 12.2 Å². The van der Waals surface area contributed by atoms with Crippen LogP contribution in [0, 0.1) is 6.92 Å². The van der Waals surface area contributed by atoms with E-state index in [1.165, 1.54) is 11.1 Å². The van der Waals surface area contributed by atoms with Gasteiger partial charge >= 0.3 is 0 Å². The predicted octanol–water partition coefficient (Wildman–Crippen LogP) is 2.32. The number of methoxy groups -OCH3 is 1. The Morgan fingerprint density at radius 2 is 1.87 bits per heavy atom. The molecule has 0 saturated carbocycles. The molecule has 0 spiro atoms. The monoisotopic (exact) mass is 208 g/mol. The summed E-state index contributed by atoms with van der Waals surface area (Å²) >= 11 is 0. The summed E-state index contributed by atoms with van der Waals surface area (Å²) in [6, 6.07) is 8.27. The first kappa shape index (κ1) is 12.2. The SMILES string of the molecule is COC(C)CC(O)Cc1ccc(C)cc1. The van der Waals surface area contributed by atoms with Gasteiger partial charge in [0.1, 0.15) is 0 Å². The topological polar surface area (TPSA) is 29.5 Å². The maximum atomic E-state index is 9.79. The number of aryl methyl sites for hydroxylation is 1. The van der Waals surface area contributed by atoms with Crippen molar-refractivity contribution in [3.8, 4) is 0 Å². The smallest absolute Gasteiger partial charge is 0.0605 e. The summed E-state index contributed by atoms with van der Waals surface area (Å²) in [5.41, 5.74) is 2.43.